The van der Waals surface area contributed by atoms with Gasteiger partial charge in [0, 0.05) is 31.4 Å². The van der Waals surface area contributed by atoms with Crippen molar-refractivity contribution in [3.8, 4) is 11.3 Å². The van der Waals surface area contributed by atoms with Crippen molar-refractivity contribution < 1.29 is 18.3 Å². The molecule has 1 N–H and O–H groups in total. The number of carbonyl (C=O) groups is 1. The summed E-state index contributed by atoms with van der Waals surface area (Å²) in [6.07, 6.45) is 1.51. The number of aryl methyl sites for hydroxylation is 1. The van der Waals surface area contributed by atoms with Gasteiger partial charge < -0.3 is 10.1 Å². The molecule has 7 heteroatoms. The van der Waals surface area contributed by atoms with Crippen LogP contribution in [0, 0.1) is 11.6 Å². The molecule has 0 aliphatic rings. The van der Waals surface area contributed by atoms with E-state index in [1.807, 2.05) is 54.6 Å². The molecule has 0 radical (unpaired) electrons. The van der Waals surface area contributed by atoms with Gasteiger partial charge in [-0.15, -0.1) is 0 Å². The van der Waals surface area contributed by atoms with Gasteiger partial charge >= 0.3 is 0 Å². The summed E-state index contributed by atoms with van der Waals surface area (Å²) in [6, 6.07) is 20.9. The Morgan fingerprint density at radius 1 is 0.939 bits per heavy atom. The molecule has 3 aromatic carbocycles. The quantitative estimate of drug-likeness (QED) is 0.413. The van der Waals surface area contributed by atoms with E-state index in [0.29, 0.717) is 19.8 Å². The predicted octanol–water partition coefficient (Wildman–Crippen LogP) is 5.01. The van der Waals surface area contributed by atoms with Crippen LogP contribution in [0.2, 0.25) is 0 Å². The van der Waals surface area contributed by atoms with Crippen molar-refractivity contribution in [1.29, 1.82) is 0 Å². The van der Waals surface area contributed by atoms with Crippen molar-refractivity contribution in [1.82, 2.24) is 15.1 Å². The average molecular weight is 447 g/mol. The van der Waals surface area contributed by atoms with Crippen molar-refractivity contribution in [3.05, 3.63) is 113 Å². The van der Waals surface area contributed by atoms with Gasteiger partial charge in [0.1, 0.15) is 17.3 Å². The minimum Gasteiger partial charge on any atom is -0.372 e. The molecule has 0 atom stereocenters. The van der Waals surface area contributed by atoms with Gasteiger partial charge in [0.15, 0.2) is 0 Å². The Balaban J connectivity index is 1.35. The highest BCUT2D eigenvalue weighted by Crippen LogP contribution is 2.25. The smallest absolute Gasteiger partial charge is 0.255 e. The number of hydrogen-bond donors (Lipinski definition) is 1. The van der Waals surface area contributed by atoms with E-state index in [2.05, 4.69) is 10.4 Å². The Hall–Kier alpha value is -3.84. The predicted molar refractivity (Wildman–Crippen MR) is 121 cm³/mol. The van der Waals surface area contributed by atoms with Crippen LogP contribution in [0.3, 0.4) is 0 Å². The van der Waals surface area contributed by atoms with Gasteiger partial charge in [-0.2, -0.15) is 5.10 Å². The number of halogens is 2. The van der Waals surface area contributed by atoms with E-state index in [-0.39, 0.29) is 16.8 Å². The molecule has 1 aromatic heterocycles. The first kappa shape index (κ1) is 22.4. The van der Waals surface area contributed by atoms with Gasteiger partial charge in [0.2, 0.25) is 0 Å². The molecular formula is C26H23F2N3O2. The number of ether oxygens (including phenoxy) is 1. The highest BCUT2D eigenvalue weighted by molar-refractivity contribution is 5.99. The highest BCUT2D eigenvalue weighted by atomic mass is 19.1. The molecular weight excluding hydrogens is 424 g/mol. The molecule has 0 aliphatic carbocycles. The third kappa shape index (κ3) is 5.70. The summed E-state index contributed by atoms with van der Waals surface area (Å²) in [6.45, 7) is 1.33. The lowest BCUT2D eigenvalue weighted by Crippen LogP contribution is -2.23. The summed E-state index contributed by atoms with van der Waals surface area (Å²) >= 11 is 0. The molecule has 0 spiro atoms. The summed E-state index contributed by atoms with van der Waals surface area (Å²) < 4.78 is 34.7. The summed E-state index contributed by atoms with van der Waals surface area (Å²) in [5, 5.41) is 7.02. The lowest BCUT2D eigenvalue weighted by atomic mass is 10.1. The second kappa shape index (κ2) is 10.2. The zero-order valence-electron chi connectivity index (χ0n) is 18.1. The van der Waals surface area contributed by atoms with Crippen LogP contribution in [0.1, 0.15) is 27.0 Å². The number of hydrogen-bond acceptors (Lipinski definition) is 3. The molecule has 5 nitrogen and oxygen atoms in total. The fourth-order valence-electron chi connectivity index (χ4n) is 3.43. The third-order valence-corrected chi connectivity index (χ3v) is 5.12. The van der Waals surface area contributed by atoms with Crippen LogP contribution in [-0.2, 0) is 31.5 Å². The van der Waals surface area contributed by atoms with Crippen LogP contribution >= 0.6 is 0 Å². The van der Waals surface area contributed by atoms with Crippen LogP contribution in [0.25, 0.3) is 11.3 Å². The fraction of sp³-hybridized carbons (Fsp3) is 0.154. The van der Waals surface area contributed by atoms with E-state index in [0.717, 1.165) is 28.8 Å². The highest BCUT2D eigenvalue weighted by Gasteiger charge is 2.20. The second-order valence-electron chi connectivity index (χ2n) is 7.67. The van der Waals surface area contributed by atoms with Crippen LogP contribution < -0.4 is 5.32 Å². The molecule has 0 saturated carbocycles. The third-order valence-electron chi connectivity index (χ3n) is 5.12. The molecule has 0 aliphatic heterocycles. The van der Waals surface area contributed by atoms with E-state index in [1.165, 1.54) is 16.9 Å². The van der Waals surface area contributed by atoms with Crippen LogP contribution in [-0.4, -0.2) is 15.7 Å². The van der Waals surface area contributed by atoms with Gasteiger partial charge in [-0.1, -0.05) is 54.6 Å². The largest absolute Gasteiger partial charge is 0.372 e. The van der Waals surface area contributed by atoms with Gasteiger partial charge in [-0.3, -0.25) is 9.48 Å². The van der Waals surface area contributed by atoms with E-state index in [1.54, 1.807) is 7.05 Å². The number of rotatable bonds is 8. The van der Waals surface area contributed by atoms with Gasteiger partial charge in [0.05, 0.1) is 18.8 Å². The molecule has 0 bridgehead atoms. The van der Waals surface area contributed by atoms with E-state index >= 15 is 0 Å². The molecule has 33 heavy (non-hydrogen) atoms. The Kier molecular flexibility index (Phi) is 6.90. The molecule has 0 fully saturated rings. The van der Waals surface area contributed by atoms with Crippen molar-refractivity contribution in [2.45, 2.75) is 19.8 Å². The Labute approximate surface area is 190 Å². The SMILES string of the molecule is Cn1cc(C(=O)NCc2ccc(COCc3ccccc3)cc2)c(-c2ccc(F)cc2F)n1. The van der Waals surface area contributed by atoms with Crippen molar-refractivity contribution in [2.75, 3.05) is 0 Å². The average Bonchev–Trinajstić information content (AvgIpc) is 3.20. The Bertz CT molecular complexity index is 1240. The molecule has 1 heterocycles. The first-order chi connectivity index (χ1) is 16.0. The van der Waals surface area contributed by atoms with Crippen molar-refractivity contribution in [2.24, 2.45) is 7.05 Å². The van der Waals surface area contributed by atoms with Gasteiger partial charge in [-0.05, 0) is 28.8 Å². The summed E-state index contributed by atoms with van der Waals surface area (Å²) in [5.74, 6) is -1.85. The molecule has 4 rings (SSSR count). The maximum absolute atomic E-state index is 14.2. The molecule has 0 saturated heterocycles. The zero-order chi connectivity index (χ0) is 23.2. The summed E-state index contributed by atoms with van der Waals surface area (Å²) in [4.78, 5) is 12.8. The first-order valence-corrected chi connectivity index (χ1v) is 10.5. The topological polar surface area (TPSA) is 56.2 Å². The summed E-state index contributed by atoms with van der Waals surface area (Å²) in [5.41, 5.74) is 3.51. The van der Waals surface area contributed by atoms with Gasteiger partial charge in [0.25, 0.3) is 5.91 Å². The number of benzene rings is 3. The lowest BCUT2D eigenvalue weighted by Gasteiger charge is -2.08. The van der Waals surface area contributed by atoms with E-state index in [9.17, 15) is 13.6 Å². The summed E-state index contributed by atoms with van der Waals surface area (Å²) in [7, 11) is 1.64. The minimum atomic E-state index is -0.771. The lowest BCUT2D eigenvalue weighted by molar-refractivity contribution is 0.0951. The number of nitrogens with one attached hydrogen (secondary N) is 1. The van der Waals surface area contributed by atoms with Gasteiger partial charge in [-0.25, -0.2) is 8.78 Å². The monoisotopic (exact) mass is 447 g/mol. The second-order valence-corrected chi connectivity index (χ2v) is 7.67. The van der Waals surface area contributed by atoms with Crippen molar-refractivity contribution in [3.63, 3.8) is 0 Å². The van der Waals surface area contributed by atoms with Crippen LogP contribution in [0.15, 0.2) is 79.0 Å². The molecule has 1 amide bonds. The standard InChI is InChI=1S/C26H23F2N3O2/c1-31-15-23(25(30-31)22-12-11-21(27)13-24(22)28)26(32)29-14-18-7-9-20(10-8-18)17-33-16-19-5-3-2-4-6-19/h2-13,15H,14,16-17H2,1H3,(H,29,32). The number of nitrogens with zero attached hydrogens (tertiary/aromatic N) is 2. The first-order valence-electron chi connectivity index (χ1n) is 10.5. The fourth-order valence-corrected chi connectivity index (χ4v) is 3.43. The van der Waals surface area contributed by atoms with Crippen molar-refractivity contribution >= 4 is 5.91 Å². The van der Waals surface area contributed by atoms with E-state index in [4.69, 9.17) is 4.74 Å². The number of amides is 1. The van der Waals surface area contributed by atoms with E-state index < -0.39 is 17.5 Å². The normalized spacial score (nSPS) is 10.9. The Morgan fingerprint density at radius 2 is 1.61 bits per heavy atom. The van der Waals surface area contributed by atoms with Crippen LogP contribution in [0.5, 0.6) is 0 Å². The number of aromatic nitrogens is 2. The number of carbonyl (C=O) groups excluding carboxylic acids is 1. The Morgan fingerprint density at radius 3 is 2.30 bits per heavy atom. The maximum atomic E-state index is 14.2. The van der Waals surface area contributed by atoms with Crippen LogP contribution in [0.4, 0.5) is 8.78 Å². The zero-order valence-corrected chi connectivity index (χ0v) is 18.1. The molecule has 0 unspecified atom stereocenters. The maximum Gasteiger partial charge on any atom is 0.255 e. The molecule has 168 valence electrons. The molecule has 4 aromatic rings. The minimum absolute atomic E-state index is 0.0713.